The number of fused-ring (bicyclic) bond motifs is 4. The van der Waals surface area contributed by atoms with Crippen LogP contribution < -0.4 is 9.46 Å². The van der Waals surface area contributed by atoms with E-state index in [9.17, 15) is 9.59 Å². The SMILES string of the molecule is CCOC(=O)CN1C(=O)c2cccc(c2)SNc2nc(cc(-c3c(C)cccc3C)n2)OC[C@H]1CC(C)C.O.O.[HH]. The summed E-state index contributed by atoms with van der Waals surface area (Å²) in [6.45, 7) is 10.3. The Morgan fingerprint density at radius 2 is 1.85 bits per heavy atom. The molecule has 10 nitrogen and oxygen atoms in total. The number of hydrogen-bond acceptors (Lipinski definition) is 8. The third-order valence-corrected chi connectivity index (χ3v) is 7.03. The molecule has 5 N–H and O–H groups in total. The van der Waals surface area contributed by atoms with E-state index >= 15 is 0 Å². The average Bonchev–Trinajstić information content (AvgIpc) is 2.88. The lowest BCUT2D eigenvalue weighted by Gasteiger charge is -2.32. The second-order valence-electron chi connectivity index (χ2n) is 9.75. The molecule has 0 saturated heterocycles. The lowest BCUT2D eigenvalue weighted by molar-refractivity contribution is -0.144. The molecule has 0 radical (unpaired) electrons. The minimum Gasteiger partial charge on any atom is -0.475 e. The molecule has 11 heteroatoms. The van der Waals surface area contributed by atoms with Gasteiger partial charge in [0.2, 0.25) is 11.8 Å². The molecule has 1 aromatic heterocycles. The Morgan fingerprint density at radius 1 is 1.15 bits per heavy atom. The first kappa shape index (κ1) is 32.5. The average molecular weight is 573 g/mol. The Kier molecular flexibility index (Phi) is 11.9. The van der Waals surface area contributed by atoms with Crippen molar-refractivity contribution in [3.63, 3.8) is 0 Å². The lowest BCUT2D eigenvalue weighted by atomic mass is 10.00. The van der Waals surface area contributed by atoms with Crippen LogP contribution in [-0.4, -0.2) is 63.5 Å². The molecule has 40 heavy (non-hydrogen) atoms. The number of rotatable bonds is 6. The highest BCUT2D eigenvalue weighted by atomic mass is 32.2. The van der Waals surface area contributed by atoms with Crippen molar-refractivity contribution >= 4 is 29.8 Å². The van der Waals surface area contributed by atoms with Gasteiger partial charge in [0.1, 0.15) is 13.2 Å². The molecule has 0 saturated carbocycles. The van der Waals surface area contributed by atoms with Crippen LogP contribution in [0.5, 0.6) is 5.88 Å². The zero-order valence-corrected chi connectivity index (χ0v) is 24.3. The van der Waals surface area contributed by atoms with Crippen molar-refractivity contribution in [1.29, 1.82) is 0 Å². The Hall–Kier alpha value is -3.67. The van der Waals surface area contributed by atoms with Gasteiger partial charge in [-0.3, -0.25) is 14.3 Å². The van der Waals surface area contributed by atoms with Crippen molar-refractivity contribution in [3.05, 3.63) is 65.2 Å². The topological polar surface area (TPSA) is 157 Å². The highest BCUT2D eigenvalue weighted by Crippen LogP contribution is 2.31. The van der Waals surface area contributed by atoms with E-state index in [1.807, 2.05) is 24.3 Å². The number of nitrogens with one attached hydrogen (secondary N) is 1. The van der Waals surface area contributed by atoms with E-state index in [2.05, 4.69) is 49.5 Å². The van der Waals surface area contributed by atoms with Crippen molar-refractivity contribution in [2.75, 3.05) is 24.5 Å². The van der Waals surface area contributed by atoms with Gasteiger partial charge in [0.05, 0.1) is 18.3 Å². The second kappa shape index (κ2) is 14.6. The van der Waals surface area contributed by atoms with E-state index in [-0.39, 0.29) is 50.0 Å². The summed E-state index contributed by atoms with van der Waals surface area (Å²) in [5.74, 6) is 0.358. The van der Waals surface area contributed by atoms with Crippen molar-refractivity contribution < 1.29 is 31.4 Å². The molecule has 3 aromatic rings. The molecule has 1 aliphatic heterocycles. The fourth-order valence-electron chi connectivity index (χ4n) is 4.58. The van der Waals surface area contributed by atoms with Gasteiger partial charge in [-0.05, 0) is 74.4 Å². The van der Waals surface area contributed by atoms with Gasteiger partial charge in [0.15, 0.2) is 0 Å². The number of amides is 1. The van der Waals surface area contributed by atoms with Crippen LogP contribution in [0, 0.1) is 19.8 Å². The Morgan fingerprint density at radius 3 is 2.52 bits per heavy atom. The summed E-state index contributed by atoms with van der Waals surface area (Å²) in [7, 11) is 0. The number of benzene rings is 2. The number of carbonyl (C=O) groups excluding carboxylic acids is 2. The van der Waals surface area contributed by atoms with E-state index in [0.29, 0.717) is 23.8 Å². The molecule has 0 spiro atoms. The first-order valence-corrected chi connectivity index (χ1v) is 13.6. The zero-order chi connectivity index (χ0) is 27.2. The van der Waals surface area contributed by atoms with Gasteiger partial charge < -0.3 is 25.3 Å². The summed E-state index contributed by atoms with van der Waals surface area (Å²) in [4.78, 5) is 38.1. The number of hydrogen-bond donors (Lipinski definition) is 1. The Bertz CT molecular complexity index is 1310. The molecular weight excluding hydrogens is 532 g/mol. The third kappa shape index (κ3) is 7.93. The zero-order valence-electron chi connectivity index (χ0n) is 23.5. The second-order valence-corrected chi connectivity index (χ2v) is 10.6. The predicted molar refractivity (Wildman–Crippen MR) is 159 cm³/mol. The van der Waals surface area contributed by atoms with E-state index in [1.54, 1.807) is 24.0 Å². The third-order valence-electron chi connectivity index (χ3n) is 6.25. The maximum atomic E-state index is 13.7. The number of aryl methyl sites for hydroxylation is 2. The normalized spacial score (nSPS) is 14.8. The number of carbonyl (C=O) groups is 2. The van der Waals surface area contributed by atoms with Crippen LogP contribution in [0.25, 0.3) is 11.3 Å². The van der Waals surface area contributed by atoms with Gasteiger partial charge in [-0.25, -0.2) is 4.98 Å². The number of esters is 1. The molecule has 0 aliphatic carbocycles. The molecular formula is C29H40N4O6S. The maximum absolute atomic E-state index is 13.7. The maximum Gasteiger partial charge on any atom is 0.325 e. The minimum atomic E-state index is -0.451. The predicted octanol–water partition coefficient (Wildman–Crippen LogP) is 4.29. The molecule has 218 valence electrons. The van der Waals surface area contributed by atoms with Gasteiger partial charge >= 0.3 is 5.97 Å². The van der Waals surface area contributed by atoms with Crippen molar-refractivity contribution in [2.24, 2.45) is 5.92 Å². The highest BCUT2D eigenvalue weighted by molar-refractivity contribution is 8.00. The fourth-order valence-corrected chi connectivity index (χ4v) is 5.21. The molecule has 0 fully saturated rings. The molecule has 1 amide bonds. The van der Waals surface area contributed by atoms with Crippen LogP contribution in [0.1, 0.15) is 50.1 Å². The van der Waals surface area contributed by atoms with E-state index in [0.717, 1.165) is 27.3 Å². The quantitative estimate of drug-likeness (QED) is 0.339. The number of anilines is 1. The smallest absolute Gasteiger partial charge is 0.325 e. The van der Waals surface area contributed by atoms with E-state index in [1.165, 1.54) is 11.9 Å². The monoisotopic (exact) mass is 572 g/mol. The van der Waals surface area contributed by atoms with Gasteiger partial charge in [-0.2, -0.15) is 4.98 Å². The van der Waals surface area contributed by atoms with Crippen LogP contribution in [0.15, 0.2) is 53.4 Å². The molecule has 4 rings (SSSR count). The molecule has 1 atom stereocenters. The van der Waals surface area contributed by atoms with Crippen LogP contribution in [0.2, 0.25) is 0 Å². The summed E-state index contributed by atoms with van der Waals surface area (Å²) in [6, 6.07) is 14.9. The summed E-state index contributed by atoms with van der Waals surface area (Å²) in [5, 5.41) is 0. The number of nitrogens with zero attached hydrogens (tertiary/aromatic N) is 3. The largest absolute Gasteiger partial charge is 0.475 e. The fraction of sp³-hybridized carbons (Fsp3) is 0.379. The summed E-state index contributed by atoms with van der Waals surface area (Å²) < 4.78 is 14.7. The van der Waals surface area contributed by atoms with Gasteiger partial charge in [0, 0.05) is 23.5 Å². The van der Waals surface area contributed by atoms with Crippen LogP contribution in [0.4, 0.5) is 5.95 Å². The standard InChI is InChI=1S/C29H34N4O4S.2H2O.H2/c1-6-36-26(34)16-33-22(13-18(2)3)17-37-25-15-24(27-19(4)9-7-10-20(27)5)30-29(31-25)32-38-23-12-8-11-21(14-23)28(33)35;;;/h7-12,14-15,18,22H,6,13,16-17H2,1-5H3,(H,30,31,32);2*1H2;1H/t22-;;;/m1.../s1. The molecule has 2 aromatic carbocycles. The molecule has 2 heterocycles. The van der Waals surface area contributed by atoms with Gasteiger partial charge in [-0.1, -0.05) is 38.1 Å². The minimum absolute atomic E-state index is 0. The van der Waals surface area contributed by atoms with Crippen LogP contribution >= 0.6 is 11.9 Å². The van der Waals surface area contributed by atoms with Gasteiger partial charge in [0.25, 0.3) is 5.91 Å². The van der Waals surface area contributed by atoms with E-state index < -0.39 is 5.97 Å². The highest BCUT2D eigenvalue weighted by Gasteiger charge is 2.29. The number of ether oxygens (including phenoxy) is 2. The van der Waals surface area contributed by atoms with Crippen LogP contribution in [-0.2, 0) is 9.53 Å². The van der Waals surface area contributed by atoms with Gasteiger partial charge in [-0.15, -0.1) is 0 Å². The first-order chi connectivity index (χ1) is 18.2. The van der Waals surface area contributed by atoms with E-state index in [4.69, 9.17) is 14.5 Å². The Balaban J connectivity index is 0.00000280. The lowest BCUT2D eigenvalue weighted by Crippen LogP contribution is -2.47. The van der Waals surface area contributed by atoms with Crippen molar-refractivity contribution in [2.45, 2.75) is 52.0 Å². The molecule has 0 unspecified atom stereocenters. The summed E-state index contributed by atoms with van der Waals surface area (Å²) >= 11 is 1.31. The van der Waals surface area contributed by atoms with Crippen molar-refractivity contribution in [1.82, 2.24) is 14.9 Å². The summed E-state index contributed by atoms with van der Waals surface area (Å²) in [5.41, 5.74) is 4.46. The first-order valence-electron chi connectivity index (χ1n) is 12.8. The Labute approximate surface area is 240 Å². The van der Waals surface area contributed by atoms with Crippen LogP contribution in [0.3, 0.4) is 0 Å². The number of aromatic nitrogens is 2. The van der Waals surface area contributed by atoms with Crippen molar-refractivity contribution in [3.8, 4) is 17.1 Å². The molecule has 4 bridgehead atoms. The molecule has 1 aliphatic rings. The summed E-state index contributed by atoms with van der Waals surface area (Å²) in [6.07, 6.45) is 0.638.